The lowest BCUT2D eigenvalue weighted by molar-refractivity contribution is 0.0627. The molecular weight excluding hydrogens is 414 g/mol. The number of amides is 1. The van der Waals surface area contributed by atoms with E-state index in [1.807, 2.05) is 35.2 Å². The summed E-state index contributed by atoms with van der Waals surface area (Å²) in [5, 5.41) is 0.460. The quantitative estimate of drug-likeness (QED) is 0.600. The van der Waals surface area contributed by atoms with Gasteiger partial charge in [0, 0.05) is 50.4 Å². The second-order valence-corrected chi connectivity index (χ2v) is 9.12. The van der Waals surface area contributed by atoms with Crippen LogP contribution in [-0.2, 0) is 0 Å². The van der Waals surface area contributed by atoms with Crippen LogP contribution in [0.1, 0.15) is 28.8 Å². The summed E-state index contributed by atoms with van der Waals surface area (Å²) in [5.41, 5.74) is 2.16. The zero-order valence-corrected chi connectivity index (χ0v) is 19.3. The highest BCUT2D eigenvalue weighted by Crippen LogP contribution is 2.28. The van der Waals surface area contributed by atoms with Crippen molar-refractivity contribution in [3.63, 3.8) is 0 Å². The van der Waals surface area contributed by atoms with Gasteiger partial charge in [-0.3, -0.25) is 14.5 Å². The third-order valence-electron chi connectivity index (χ3n) is 7.00. The molecule has 1 aromatic heterocycles. The molecule has 3 heterocycles. The van der Waals surface area contributed by atoms with Crippen molar-refractivity contribution in [1.82, 2.24) is 14.7 Å². The molecule has 2 aliphatic rings. The molecule has 0 radical (unpaired) electrons. The van der Waals surface area contributed by atoms with E-state index >= 15 is 0 Å². The van der Waals surface area contributed by atoms with Crippen LogP contribution in [-0.4, -0.2) is 73.0 Å². The second kappa shape index (κ2) is 9.49. The van der Waals surface area contributed by atoms with Crippen LogP contribution in [0, 0.1) is 6.92 Å². The van der Waals surface area contributed by atoms with E-state index in [2.05, 4.69) is 9.80 Å². The Morgan fingerprint density at radius 3 is 2.21 bits per heavy atom. The number of carbonyl (C=O) groups is 1. The lowest BCUT2D eigenvalue weighted by Gasteiger charge is -2.35. The van der Waals surface area contributed by atoms with Crippen LogP contribution in [0.3, 0.4) is 0 Å². The van der Waals surface area contributed by atoms with E-state index in [-0.39, 0.29) is 11.3 Å². The minimum atomic E-state index is -0.0866. The Morgan fingerprint density at radius 1 is 0.848 bits per heavy atom. The standard InChI is InChI=1S/C27H31N3O3/c1-20-24(31)22-10-7-11-23(26(22)33-25(20)21-8-3-2-4-9-21)27(32)30-18-16-29(17-19-30)15-14-28-12-5-6-13-28/h2-4,7-11H,5-6,12-19H2,1H3. The molecule has 0 spiro atoms. The predicted octanol–water partition coefficient (Wildman–Crippen LogP) is 3.62. The number of likely N-dealkylation sites (tertiary alicyclic amines) is 1. The lowest BCUT2D eigenvalue weighted by atomic mass is 10.0. The molecule has 0 aliphatic carbocycles. The summed E-state index contributed by atoms with van der Waals surface area (Å²) in [6.45, 7) is 9.53. The van der Waals surface area contributed by atoms with Gasteiger partial charge in [0.15, 0.2) is 11.0 Å². The zero-order chi connectivity index (χ0) is 22.8. The van der Waals surface area contributed by atoms with Gasteiger partial charge in [0.05, 0.1) is 10.9 Å². The molecule has 0 bridgehead atoms. The normalized spacial score (nSPS) is 17.7. The zero-order valence-electron chi connectivity index (χ0n) is 19.3. The first-order valence-electron chi connectivity index (χ1n) is 12.0. The topological polar surface area (TPSA) is 57.0 Å². The predicted molar refractivity (Wildman–Crippen MR) is 131 cm³/mol. The minimum Gasteiger partial charge on any atom is -0.455 e. The van der Waals surface area contributed by atoms with Gasteiger partial charge in [0.2, 0.25) is 0 Å². The summed E-state index contributed by atoms with van der Waals surface area (Å²) < 4.78 is 6.26. The number of hydrogen-bond acceptors (Lipinski definition) is 5. The fraction of sp³-hybridized carbons (Fsp3) is 0.407. The molecule has 6 heteroatoms. The molecule has 2 aliphatic heterocycles. The Labute approximate surface area is 194 Å². The number of benzene rings is 2. The molecule has 172 valence electrons. The van der Waals surface area contributed by atoms with Crippen molar-refractivity contribution >= 4 is 16.9 Å². The fourth-order valence-electron chi connectivity index (χ4n) is 4.98. The van der Waals surface area contributed by atoms with Crippen LogP contribution in [0.5, 0.6) is 0 Å². The van der Waals surface area contributed by atoms with Gasteiger partial charge in [-0.2, -0.15) is 0 Å². The van der Waals surface area contributed by atoms with Gasteiger partial charge in [0.25, 0.3) is 5.91 Å². The summed E-state index contributed by atoms with van der Waals surface area (Å²) in [6.07, 6.45) is 2.63. The molecule has 33 heavy (non-hydrogen) atoms. The molecule has 1 amide bonds. The Morgan fingerprint density at radius 2 is 1.52 bits per heavy atom. The summed E-state index contributed by atoms with van der Waals surface area (Å²) >= 11 is 0. The second-order valence-electron chi connectivity index (χ2n) is 9.12. The third-order valence-corrected chi connectivity index (χ3v) is 7.00. The molecule has 0 N–H and O–H groups in total. The highest BCUT2D eigenvalue weighted by molar-refractivity contribution is 6.05. The van der Waals surface area contributed by atoms with Crippen LogP contribution < -0.4 is 5.43 Å². The maximum absolute atomic E-state index is 13.5. The van der Waals surface area contributed by atoms with Gasteiger partial charge in [-0.05, 0) is 45.0 Å². The van der Waals surface area contributed by atoms with E-state index in [0.29, 0.717) is 40.9 Å². The first-order valence-corrected chi connectivity index (χ1v) is 12.0. The van der Waals surface area contributed by atoms with Gasteiger partial charge in [-0.15, -0.1) is 0 Å². The molecule has 2 fully saturated rings. The van der Waals surface area contributed by atoms with Gasteiger partial charge in [-0.25, -0.2) is 0 Å². The van der Waals surface area contributed by atoms with Crippen molar-refractivity contribution in [3.8, 4) is 11.3 Å². The Bertz CT molecular complexity index is 1190. The molecule has 0 saturated carbocycles. The average Bonchev–Trinajstić information content (AvgIpc) is 3.39. The number of para-hydroxylation sites is 1. The Balaban J connectivity index is 1.36. The van der Waals surface area contributed by atoms with E-state index < -0.39 is 0 Å². The van der Waals surface area contributed by atoms with E-state index in [1.54, 1.807) is 25.1 Å². The molecule has 5 rings (SSSR count). The molecule has 6 nitrogen and oxygen atoms in total. The van der Waals surface area contributed by atoms with Crippen LogP contribution in [0.25, 0.3) is 22.3 Å². The van der Waals surface area contributed by atoms with Crippen molar-refractivity contribution in [1.29, 1.82) is 0 Å². The molecular formula is C27H31N3O3. The van der Waals surface area contributed by atoms with E-state index in [9.17, 15) is 9.59 Å². The summed E-state index contributed by atoms with van der Waals surface area (Å²) in [5.74, 6) is 0.464. The molecule has 2 saturated heterocycles. The number of hydrogen-bond donors (Lipinski definition) is 0. The number of rotatable bonds is 5. The van der Waals surface area contributed by atoms with Crippen molar-refractivity contribution in [2.45, 2.75) is 19.8 Å². The van der Waals surface area contributed by atoms with Crippen LogP contribution in [0.15, 0.2) is 57.7 Å². The van der Waals surface area contributed by atoms with Crippen LogP contribution >= 0.6 is 0 Å². The number of carbonyl (C=O) groups excluding carboxylic acids is 1. The minimum absolute atomic E-state index is 0.0641. The Kier molecular flexibility index (Phi) is 6.29. The largest absolute Gasteiger partial charge is 0.455 e. The number of fused-ring (bicyclic) bond motifs is 1. The summed E-state index contributed by atoms with van der Waals surface area (Å²) in [4.78, 5) is 33.4. The Hall–Kier alpha value is -2.96. The smallest absolute Gasteiger partial charge is 0.257 e. The van der Waals surface area contributed by atoms with Crippen LogP contribution in [0.2, 0.25) is 0 Å². The summed E-state index contributed by atoms with van der Waals surface area (Å²) in [6, 6.07) is 14.9. The lowest BCUT2D eigenvalue weighted by Crippen LogP contribution is -2.50. The van der Waals surface area contributed by atoms with E-state index in [4.69, 9.17) is 4.42 Å². The SMILES string of the molecule is Cc1c(-c2ccccc2)oc2c(C(=O)N3CCN(CCN4CCCC4)CC3)cccc2c1=O. The van der Waals surface area contributed by atoms with Gasteiger partial charge >= 0.3 is 0 Å². The van der Waals surface area contributed by atoms with Crippen LogP contribution in [0.4, 0.5) is 0 Å². The first kappa shape index (κ1) is 21.9. The maximum atomic E-state index is 13.5. The van der Waals surface area contributed by atoms with Gasteiger partial charge in [0.1, 0.15) is 5.76 Å². The number of piperazine rings is 1. The van der Waals surface area contributed by atoms with Crippen molar-refractivity contribution < 1.29 is 9.21 Å². The molecule has 0 unspecified atom stereocenters. The van der Waals surface area contributed by atoms with Gasteiger partial charge < -0.3 is 14.2 Å². The average molecular weight is 446 g/mol. The van der Waals surface area contributed by atoms with E-state index in [0.717, 1.165) is 31.7 Å². The monoisotopic (exact) mass is 445 g/mol. The first-order chi connectivity index (χ1) is 16.1. The van der Waals surface area contributed by atoms with Crippen molar-refractivity contribution in [2.24, 2.45) is 0 Å². The molecule has 2 aromatic carbocycles. The summed E-state index contributed by atoms with van der Waals surface area (Å²) in [7, 11) is 0. The highest BCUT2D eigenvalue weighted by atomic mass is 16.3. The maximum Gasteiger partial charge on any atom is 0.257 e. The third kappa shape index (κ3) is 4.45. The van der Waals surface area contributed by atoms with Crippen molar-refractivity contribution in [3.05, 3.63) is 69.9 Å². The van der Waals surface area contributed by atoms with Gasteiger partial charge in [-0.1, -0.05) is 36.4 Å². The molecule has 3 aromatic rings. The highest BCUT2D eigenvalue weighted by Gasteiger charge is 2.26. The fourth-order valence-corrected chi connectivity index (χ4v) is 4.98. The number of nitrogens with zero attached hydrogens (tertiary/aromatic N) is 3. The van der Waals surface area contributed by atoms with Crippen molar-refractivity contribution in [2.75, 3.05) is 52.4 Å². The molecule has 0 atom stereocenters. The van der Waals surface area contributed by atoms with E-state index in [1.165, 1.54) is 25.9 Å².